The highest BCUT2D eigenvalue weighted by atomic mass is 16.5. The van der Waals surface area contributed by atoms with Crippen molar-refractivity contribution in [3.05, 3.63) is 0 Å². The van der Waals surface area contributed by atoms with Gasteiger partial charge in [0.25, 0.3) is 0 Å². The summed E-state index contributed by atoms with van der Waals surface area (Å²) >= 11 is 0. The zero-order chi connectivity index (χ0) is 13.4. The molecule has 0 bridgehead atoms. The second-order valence-electron chi connectivity index (χ2n) is 4.82. The maximum absolute atomic E-state index is 11.7. The molecule has 0 aliphatic rings. The van der Waals surface area contributed by atoms with Crippen LogP contribution in [0, 0.1) is 11.8 Å². The first kappa shape index (κ1) is 15.9. The highest BCUT2D eigenvalue weighted by Crippen LogP contribution is 2.07. The average molecular weight is 244 g/mol. The number of carbonyl (C=O) groups excluding carboxylic acids is 2. The largest absolute Gasteiger partial charge is 0.467 e. The van der Waals surface area contributed by atoms with Gasteiger partial charge in [-0.15, -0.1) is 0 Å². The molecule has 0 heterocycles. The predicted molar refractivity (Wildman–Crippen MR) is 66.2 cm³/mol. The summed E-state index contributed by atoms with van der Waals surface area (Å²) in [5.74, 6) is -0.120. The van der Waals surface area contributed by atoms with Gasteiger partial charge in [-0.05, 0) is 24.8 Å². The third kappa shape index (κ3) is 6.94. The Labute approximate surface area is 103 Å². The van der Waals surface area contributed by atoms with E-state index in [1.165, 1.54) is 7.11 Å². The van der Waals surface area contributed by atoms with Crippen LogP contribution in [0.25, 0.3) is 0 Å². The van der Waals surface area contributed by atoms with Crippen LogP contribution in [0.5, 0.6) is 0 Å². The van der Waals surface area contributed by atoms with E-state index in [0.29, 0.717) is 25.3 Å². The van der Waals surface area contributed by atoms with Crippen LogP contribution >= 0.6 is 0 Å². The van der Waals surface area contributed by atoms with Crippen molar-refractivity contribution < 1.29 is 14.3 Å². The van der Waals surface area contributed by atoms with Crippen LogP contribution in [0.3, 0.4) is 0 Å². The number of nitrogens with one attached hydrogen (secondary N) is 1. The molecule has 0 fully saturated rings. The van der Waals surface area contributed by atoms with E-state index in [0.717, 1.165) is 0 Å². The molecule has 0 saturated carbocycles. The van der Waals surface area contributed by atoms with Gasteiger partial charge in [0.1, 0.15) is 6.04 Å². The standard InChI is InChI=1S/C12H24N2O3/c1-8(2)5-10(12(16)17-4)14-11(15)6-9(3)7-13/h8-10H,5-7,13H2,1-4H3,(H,14,15)/t9?,10-/m0/s1. The Bertz CT molecular complexity index is 254. The molecule has 3 N–H and O–H groups in total. The Morgan fingerprint density at radius 2 is 1.88 bits per heavy atom. The first-order valence-electron chi connectivity index (χ1n) is 5.97. The zero-order valence-electron chi connectivity index (χ0n) is 11.2. The van der Waals surface area contributed by atoms with E-state index in [9.17, 15) is 9.59 Å². The Kier molecular flexibility index (Phi) is 7.54. The molecule has 17 heavy (non-hydrogen) atoms. The van der Waals surface area contributed by atoms with Crippen molar-refractivity contribution in [3.63, 3.8) is 0 Å². The normalized spacial score (nSPS) is 14.2. The molecule has 0 aromatic heterocycles. The molecule has 0 aromatic carbocycles. The Balaban J connectivity index is 4.32. The second-order valence-corrected chi connectivity index (χ2v) is 4.82. The minimum absolute atomic E-state index is 0.118. The Hall–Kier alpha value is -1.10. The summed E-state index contributed by atoms with van der Waals surface area (Å²) in [5.41, 5.74) is 5.45. The summed E-state index contributed by atoms with van der Waals surface area (Å²) in [6.45, 7) is 6.34. The van der Waals surface area contributed by atoms with Crippen molar-refractivity contribution >= 4 is 11.9 Å². The van der Waals surface area contributed by atoms with Crippen LogP contribution in [0.2, 0.25) is 0 Å². The SMILES string of the molecule is COC(=O)[C@H](CC(C)C)NC(=O)CC(C)CN. The predicted octanol–water partition coefficient (Wildman–Crippen LogP) is 0.675. The van der Waals surface area contributed by atoms with Crippen molar-refractivity contribution in [2.24, 2.45) is 17.6 Å². The number of ether oxygens (including phenoxy) is 1. The minimum atomic E-state index is -0.558. The summed E-state index contributed by atoms with van der Waals surface area (Å²) < 4.78 is 4.67. The molecule has 1 unspecified atom stereocenters. The van der Waals surface area contributed by atoms with Gasteiger partial charge in [0.2, 0.25) is 5.91 Å². The molecule has 0 rings (SSSR count). The van der Waals surface area contributed by atoms with Crippen LogP contribution in [-0.2, 0) is 14.3 Å². The van der Waals surface area contributed by atoms with E-state index in [1.54, 1.807) is 0 Å². The molecule has 0 saturated heterocycles. The molecule has 1 amide bonds. The molecular formula is C12H24N2O3. The highest BCUT2D eigenvalue weighted by Gasteiger charge is 2.22. The van der Waals surface area contributed by atoms with Gasteiger partial charge in [0, 0.05) is 6.42 Å². The van der Waals surface area contributed by atoms with Crippen molar-refractivity contribution in [1.82, 2.24) is 5.32 Å². The summed E-state index contributed by atoms with van der Waals surface area (Å²) in [4.78, 5) is 23.1. The quantitative estimate of drug-likeness (QED) is 0.645. The molecule has 0 spiro atoms. The lowest BCUT2D eigenvalue weighted by Gasteiger charge is -2.19. The maximum atomic E-state index is 11.7. The topological polar surface area (TPSA) is 81.4 Å². The van der Waals surface area contributed by atoms with E-state index in [2.05, 4.69) is 10.1 Å². The molecule has 100 valence electrons. The number of methoxy groups -OCH3 is 1. The fourth-order valence-corrected chi connectivity index (χ4v) is 1.48. The van der Waals surface area contributed by atoms with Crippen LogP contribution in [0.4, 0.5) is 0 Å². The van der Waals surface area contributed by atoms with E-state index in [4.69, 9.17) is 5.73 Å². The fraction of sp³-hybridized carbons (Fsp3) is 0.833. The van der Waals surface area contributed by atoms with Crippen molar-refractivity contribution in [2.75, 3.05) is 13.7 Å². The lowest BCUT2D eigenvalue weighted by atomic mass is 10.0. The molecule has 0 aliphatic carbocycles. The number of rotatable bonds is 7. The summed E-state index contributed by atoms with van der Waals surface area (Å²) in [7, 11) is 1.32. The van der Waals surface area contributed by atoms with Gasteiger partial charge < -0.3 is 15.8 Å². The van der Waals surface area contributed by atoms with E-state index in [1.807, 2.05) is 20.8 Å². The number of amides is 1. The second kappa shape index (κ2) is 8.06. The van der Waals surface area contributed by atoms with Crippen molar-refractivity contribution in [2.45, 2.75) is 39.7 Å². The van der Waals surface area contributed by atoms with Gasteiger partial charge >= 0.3 is 5.97 Å². The fourth-order valence-electron chi connectivity index (χ4n) is 1.48. The minimum Gasteiger partial charge on any atom is -0.467 e. The molecule has 5 nitrogen and oxygen atoms in total. The first-order chi connectivity index (χ1) is 7.90. The summed E-state index contributed by atoms with van der Waals surface area (Å²) in [6, 6.07) is -0.558. The molecule has 0 aromatic rings. The molecule has 0 aliphatic heterocycles. The van der Waals surface area contributed by atoms with Gasteiger partial charge in [-0.25, -0.2) is 4.79 Å². The maximum Gasteiger partial charge on any atom is 0.328 e. The number of hydrogen-bond acceptors (Lipinski definition) is 4. The van der Waals surface area contributed by atoms with Gasteiger partial charge in [0.15, 0.2) is 0 Å². The van der Waals surface area contributed by atoms with Crippen LogP contribution in [-0.4, -0.2) is 31.6 Å². The van der Waals surface area contributed by atoms with Crippen molar-refractivity contribution in [1.29, 1.82) is 0 Å². The molecule has 0 radical (unpaired) electrons. The van der Waals surface area contributed by atoms with Gasteiger partial charge in [-0.3, -0.25) is 4.79 Å². The van der Waals surface area contributed by atoms with Crippen LogP contribution < -0.4 is 11.1 Å². The summed E-state index contributed by atoms with van der Waals surface area (Å²) in [5, 5.41) is 2.70. The highest BCUT2D eigenvalue weighted by molar-refractivity contribution is 5.84. The third-order valence-electron chi connectivity index (χ3n) is 2.46. The Morgan fingerprint density at radius 1 is 1.29 bits per heavy atom. The smallest absolute Gasteiger partial charge is 0.328 e. The summed E-state index contributed by atoms with van der Waals surface area (Å²) in [6.07, 6.45) is 0.914. The monoisotopic (exact) mass is 244 g/mol. The van der Waals surface area contributed by atoms with Gasteiger partial charge in [-0.2, -0.15) is 0 Å². The lowest BCUT2D eigenvalue weighted by Crippen LogP contribution is -2.43. The average Bonchev–Trinajstić information content (AvgIpc) is 2.26. The molecule has 2 atom stereocenters. The Morgan fingerprint density at radius 3 is 2.29 bits per heavy atom. The van der Waals surface area contributed by atoms with E-state index < -0.39 is 12.0 Å². The van der Waals surface area contributed by atoms with E-state index >= 15 is 0 Å². The third-order valence-corrected chi connectivity index (χ3v) is 2.46. The first-order valence-corrected chi connectivity index (χ1v) is 5.97. The van der Waals surface area contributed by atoms with Crippen LogP contribution in [0.1, 0.15) is 33.6 Å². The molecular weight excluding hydrogens is 220 g/mol. The number of hydrogen-bond donors (Lipinski definition) is 2. The molecule has 5 heteroatoms. The number of carbonyl (C=O) groups is 2. The van der Waals surface area contributed by atoms with Crippen molar-refractivity contribution in [3.8, 4) is 0 Å². The lowest BCUT2D eigenvalue weighted by molar-refractivity contribution is -0.145. The van der Waals surface area contributed by atoms with Crippen LogP contribution in [0.15, 0.2) is 0 Å². The number of nitrogens with two attached hydrogens (primary N) is 1. The zero-order valence-corrected chi connectivity index (χ0v) is 11.2. The number of esters is 1. The van der Waals surface area contributed by atoms with Gasteiger partial charge in [0.05, 0.1) is 7.11 Å². The van der Waals surface area contributed by atoms with E-state index in [-0.39, 0.29) is 11.8 Å². The van der Waals surface area contributed by atoms with Gasteiger partial charge in [-0.1, -0.05) is 20.8 Å².